The molecule has 186 valence electrons. The van der Waals surface area contributed by atoms with E-state index in [-0.39, 0.29) is 11.8 Å². The van der Waals surface area contributed by atoms with Crippen molar-refractivity contribution in [1.29, 1.82) is 0 Å². The van der Waals surface area contributed by atoms with E-state index in [0.717, 1.165) is 16.3 Å². The first-order valence-corrected chi connectivity index (χ1v) is 12.1. The normalized spacial score (nSPS) is 11.9. The van der Waals surface area contributed by atoms with Gasteiger partial charge in [-0.3, -0.25) is 19.9 Å². The first-order chi connectivity index (χ1) is 18.6. The minimum Gasteiger partial charge on any atom is -0.340 e. The molecule has 0 saturated carbocycles. The quantitative estimate of drug-likeness (QED) is 0.256. The lowest BCUT2D eigenvalue weighted by Crippen LogP contribution is -2.45. The largest absolute Gasteiger partial charge is 0.340 e. The third-order valence-corrected chi connectivity index (χ3v) is 6.26. The lowest BCUT2D eigenvalue weighted by Gasteiger charge is -2.18. The highest BCUT2D eigenvalue weighted by Crippen LogP contribution is 2.23. The second kappa shape index (κ2) is 9.98. The number of benzene rings is 3. The monoisotopic (exact) mass is 501 g/mol. The van der Waals surface area contributed by atoms with Crippen LogP contribution >= 0.6 is 0 Å². The number of hydrogen-bond donors (Lipinski definition) is 4. The molecule has 4 N–H and O–H groups in total. The highest BCUT2D eigenvalue weighted by Gasteiger charge is 2.23. The van der Waals surface area contributed by atoms with E-state index in [9.17, 15) is 9.59 Å². The zero-order chi connectivity index (χ0) is 25.9. The highest BCUT2D eigenvalue weighted by molar-refractivity contribution is 6.02. The summed E-state index contributed by atoms with van der Waals surface area (Å²) < 4.78 is 0. The highest BCUT2D eigenvalue weighted by atomic mass is 16.2. The summed E-state index contributed by atoms with van der Waals surface area (Å²) in [4.78, 5) is 45.6. The van der Waals surface area contributed by atoms with Crippen molar-refractivity contribution in [1.82, 2.24) is 30.2 Å². The molecule has 0 aliphatic heterocycles. The maximum atomic E-state index is 13.3. The van der Waals surface area contributed by atoms with E-state index in [2.05, 4.69) is 35.6 Å². The van der Waals surface area contributed by atoms with Crippen molar-refractivity contribution in [2.75, 3.05) is 5.32 Å². The zero-order valence-corrected chi connectivity index (χ0v) is 20.2. The number of fused-ring (bicyclic) bond motifs is 2. The number of carbonyl (C=O) groups excluding carboxylic acids is 2. The summed E-state index contributed by atoms with van der Waals surface area (Å²) in [6, 6.07) is 23.9. The Kier molecular flexibility index (Phi) is 6.07. The van der Waals surface area contributed by atoms with Crippen LogP contribution in [-0.2, 0) is 11.2 Å². The predicted molar refractivity (Wildman–Crippen MR) is 145 cm³/mol. The van der Waals surface area contributed by atoms with Crippen molar-refractivity contribution in [2.45, 2.75) is 12.5 Å². The van der Waals surface area contributed by atoms with Crippen LogP contribution in [0, 0.1) is 0 Å². The summed E-state index contributed by atoms with van der Waals surface area (Å²) >= 11 is 0. The van der Waals surface area contributed by atoms with Gasteiger partial charge in [0.1, 0.15) is 11.7 Å². The Bertz CT molecular complexity index is 1740. The fraction of sp³-hybridized carbons (Fsp3) is 0.0690. The summed E-state index contributed by atoms with van der Waals surface area (Å²) in [6.45, 7) is 0. The van der Waals surface area contributed by atoms with Crippen LogP contribution < -0.4 is 10.6 Å². The molecule has 6 rings (SSSR count). The van der Waals surface area contributed by atoms with Gasteiger partial charge in [0.15, 0.2) is 5.82 Å². The van der Waals surface area contributed by atoms with Crippen LogP contribution in [0.2, 0.25) is 0 Å². The number of aromatic nitrogens is 5. The molecule has 0 radical (unpaired) electrons. The van der Waals surface area contributed by atoms with E-state index >= 15 is 0 Å². The standard InChI is InChI=1S/C29H23N7O2/c37-27(35-25(14-18-6-2-1-3-7-18)28(38)36-29-30-12-13-31-29)20-10-11-22-23(16-20)34-26(33-22)24-15-19-8-4-5-9-21(19)17-32-24/h1-13,15-17,25H,14H2,(H,33,34)(H,35,37)(H2,30,31,36,38)/t25-/m0/s1. The van der Waals surface area contributed by atoms with Crippen LogP contribution in [0.25, 0.3) is 33.3 Å². The molecule has 0 bridgehead atoms. The number of rotatable bonds is 7. The number of nitrogens with zero attached hydrogens (tertiary/aromatic N) is 3. The van der Waals surface area contributed by atoms with Gasteiger partial charge in [0, 0.05) is 36.0 Å². The molecule has 0 aliphatic carbocycles. The Labute approximate surface area is 217 Å². The van der Waals surface area contributed by atoms with E-state index in [0.29, 0.717) is 40.5 Å². The van der Waals surface area contributed by atoms with Crippen LogP contribution in [0.5, 0.6) is 0 Å². The first kappa shape index (κ1) is 23.1. The molecular weight excluding hydrogens is 478 g/mol. The van der Waals surface area contributed by atoms with Gasteiger partial charge in [-0.15, -0.1) is 0 Å². The molecule has 3 heterocycles. The molecule has 1 atom stereocenters. The maximum Gasteiger partial charge on any atom is 0.252 e. The summed E-state index contributed by atoms with van der Waals surface area (Å²) in [7, 11) is 0. The molecule has 0 unspecified atom stereocenters. The maximum absolute atomic E-state index is 13.3. The van der Waals surface area contributed by atoms with Crippen LogP contribution in [0.1, 0.15) is 15.9 Å². The number of anilines is 1. The number of nitrogens with one attached hydrogen (secondary N) is 4. The summed E-state index contributed by atoms with van der Waals surface area (Å²) in [5.41, 5.74) is 3.44. The smallest absolute Gasteiger partial charge is 0.252 e. The van der Waals surface area contributed by atoms with Crippen LogP contribution in [0.3, 0.4) is 0 Å². The average Bonchev–Trinajstić information content (AvgIpc) is 3.62. The fourth-order valence-corrected chi connectivity index (χ4v) is 4.32. The average molecular weight is 502 g/mol. The van der Waals surface area contributed by atoms with Crippen LogP contribution in [0.4, 0.5) is 5.95 Å². The fourth-order valence-electron chi connectivity index (χ4n) is 4.32. The van der Waals surface area contributed by atoms with E-state index in [4.69, 9.17) is 0 Å². The van der Waals surface area contributed by atoms with Crippen LogP contribution in [-0.4, -0.2) is 42.8 Å². The number of imidazole rings is 2. The second-order valence-corrected chi connectivity index (χ2v) is 8.88. The number of pyridine rings is 1. The van der Waals surface area contributed by atoms with Gasteiger partial charge in [-0.1, -0.05) is 54.6 Å². The van der Waals surface area contributed by atoms with Crippen molar-refractivity contribution < 1.29 is 9.59 Å². The minimum absolute atomic E-state index is 0.316. The van der Waals surface area contributed by atoms with Gasteiger partial charge in [-0.05, 0) is 35.2 Å². The topological polar surface area (TPSA) is 128 Å². The van der Waals surface area contributed by atoms with Gasteiger partial charge < -0.3 is 15.3 Å². The first-order valence-electron chi connectivity index (χ1n) is 12.1. The number of hydrogen-bond acceptors (Lipinski definition) is 5. The third-order valence-electron chi connectivity index (χ3n) is 6.26. The SMILES string of the molecule is O=C(N[C@@H](Cc1ccccc1)C(=O)Nc1ncc[nH]1)c1ccc2nc(-c3cc4ccccc4cn3)[nH]c2c1. The van der Waals surface area contributed by atoms with Gasteiger partial charge in [0.2, 0.25) is 11.9 Å². The summed E-state index contributed by atoms with van der Waals surface area (Å²) in [5, 5.41) is 7.71. The Morgan fingerprint density at radius 2 is 1.71 bits per heavy atom. The molecule has 0 fully saturated rings. The number of carbonyl (C=O) groups is 2. The number of amides is 2. The zero-order valence-electron chi connectivity index (χ0n) is 20.2. The van der Waals surface area contributed by atoms with Crippen molar-refractivity contribution in [3.63, 3.8) is 0 Å². The Hall–Kier alpha value is -5.31. The van der Waals surface area contributed by atoms with E-state index < -0.39 is 6.04 Å². The second-order valence-electron chi connectivity index (χ2n) is 8.88. The molecule has 9 heteroatoms. The minimum atomic E-state index is -0.815. The number of aromatic amines is 2. The molecule has 0 aliphatic rings. The molecule has 9 nitrogen and oxygen atoms in total. The van der Waals surface area contributed by atoms with Gasteiger partial charge in [-0.25, -0.2) is 9.97 Å². The summed E-state index contributed by atoms with van der Waals surface area (Å²) in [6.07, 6.45) is 5.30. The lowest BCUT2D eigenvalue weighted by atomic mass is 10.0. The molecule has 3 aromatic carbocycles. The van der Waals surface area contributed by atoms with Crippen molar-refractivity contribution in [3.05, 3.63) is 109 Å². The van der Waals surface area contributed by atoms with Gasteiger partial charge in [0.05, 0.1) is 11.0 Å². The lowest BCUT2D eigenvalue weighted by molar-refractivity contribution is -0.118. The molecular formula is C29H23N7O2. The van der Waals surface area contributed by atoms with E-state index in [1.807, 2.05) is 66.9 Å². The van der Waals surface area contributed by atoms with Crippen molar-refractivity contribution in [3.8, 4) is 11.5 Å². The molecule has 2 amide bonds. The molecule has 6 aromatic rings. The molecule has 0 spiro atoms. The Balaban J connectivity index is 1.25. The molecule has 3 aromatic heterocycles. The van der Waals surface area contributed by atoms with Crippen molar-refractivity contribution in [2.24, 2.45) is 0 Å². The Morgan fingerprint density at radius 3 is 2.53 bits per heavy atom. The van der Waals surface area contributed by atoms with Crippen molar-refractivity contribution >= 4 is 39.6 Å². The molecule has 38 heavy (non-hydrogen) atoms. The third kappa shape index (κ3) is 4.85. The van der Waals surface area contributed by atoms with Crippen LogP contribution in [0.15, 0.2) is 97.5 Å². The predicted octanol–water partition coefficient (Wildman–Crippen LogP) is 4.48. The van der Waals surface area contributed by atoms with Gasteiger partial charge >= 0.3 is 0 Å². The summed E-state index contributed by atoms with van der Waals surface area (Å²) in [5.74, 6) is 0.186. The van der Waals surface area contributed by atoms with Gasteiger partial charge in [-0.2, -0.15) is 0 Å². The number of H-pyrrole nitrogens is 2. The van der Waals surface area contributed by atoms with E-state index in [1.165, 1.54) is 0 Å². The van der Waals surface area contributed by atoms with Gasteiger partial charge in [0.25, 0.3) is 5.91 Å². The Morgan fingerprint density at radius 1 is 0.895 bits per heavy atom. The molecule has 0 saturated heterocycles. The van der Waals surface area contributed by atoms with E-state index in [1.54, 1.807) is 30.6 Å².